The number of hydrogen-bond donors (Lipinski definition) is 0. The average molecular weight is 272 g/mol. The zero-order valence-corrected chi connectivity index (χ0v) is 12.4. The predicted molar refractivity (Wildman–Crippen MR) is 73.4 cm³/mol. The van der Waals surface area contributed by atoms with Crippen LogP contribution in [0.5, 0.6) is 0 Å². The second-order valence-electron chi connectivity index (χ2n) is 5.87. The molecule has 0 aromatic heterocycles. The Balaban J connectivity index is 1.93. The Kier molecular flexibility index (Phi) is 4.96. The van der Waals surface area contributed by atoms with Gasteiger partial charge in [0.1, 0.15) is 6.10 Å². The highest BCUT2D eigenvalue weighted by atomic mass is 32.2. The molecule has 2 fully saturated rings. The molecule has 0 aromatic rings. The van der Waals surface area contributed by atoms with Crippen LogP contribution in [0.25, 0.3) is 0 Å². The van der Waals surface area contributed by atoms with Crippen molar-refractivity contribution in [3.05, 3.63) is 0 Å². The van der Waals surface area contributed by atoms with Gasteiger partial charge in [-0.2, -0.15) is 0 Å². The Morgan fingerprint density at radius 2 is 2.17 bits per heavy atom. The fraction of sp³-hybridized carbons (Fsp3) is 0.929. The van der Waals surface area contributed by atoms with Crippen molar-refractivity contribution in [2.24, 2.45) is 17.8 Å². The number of hydrogen-bond acceptors (Lipinski definition) is 4. The summed E-state index contributed by atoms with van der Waals surface area (Å²) in [4.78, 5) is 12.0. The maximum absolute atomic E-state index is 12.0. The van der Waals surface area contributed by atoms with Crippen LogP contribution >= 0.6 is 11.8 Å². The van der Waals surface area contributed by atoms with Crippen molar-refractivity contribution in [2.75, 3.05) is 12.4 Å². The summed E-state index contributed by atoms with van der Waals surface area (Å²) in [5, 5.41) is 0. The predicted octanol–water partition coefficient (Wildman–Crippen LogP) is 3.08. The second-order valence-corrected chi connectivity index (χ2v) is 7.04. The van der Waals surface area contributed by atoms with E-state index in [1.54, 1.807) is 11.8 Å². The van der Waals surface area contributed by atoms with Crippen molar-refractivity contribution in [1.82, 2.24) is 0 Å². The number of carbonyl (C=O) groups excluding carboxylic acids is 1. The molecule has 0 amide bonds. The Morgan fingerprint density at radius 3 is 2.78 bits per heavy atom. The Labute approximate surface area is 114 Å². The van der Waals surface area contributed by atoms with E-state index in [1.807, 2.05) is 0 Å². The third-order valence-corrected chi connectivity index (χ3v) is 5.08. The van der Waals surface area contributed by atoms with E-state index in [2.05, 4.69) is 20.8 Å². The summed E-state index contributed by atoms with van der Waals surface area (Å²) in [5.41, 5.74) is -0.380. The zero-order chi connectivity index (χ0) is 13.1. The van der Waals surface area contributed by atoms with Gasteiger partial charge in [0.2, 0.25) is 5.44 Å². The smallest absolute Gasteiger partial charge is 0.346 e. The van der Waals surface area contributed by atoms with E-state index in [0.717, 1.165) is 12.2 Å². The van der Waals surface area contributed by atoms with E-state index in [-0.39, 0.29) is 17.5 Å². The Hall–Kier alpha value is -0.220. The van der Waals surface area contributed by atoms with Crippen LogP contribution in [0.15, 0.2) is 0 Å². The normalized spacial score (nSPS) is 36.9. The van der Waals surface area contributed by atoms with Gasteiger partial charge in [0.25, 0.3) is 0 Å². The third-order valence-electron chi connectivity index (χ3n) is 4.04. The van der Waals surface area contributed by atoms with E-state index in [0.29, 0.717) is 24.4 Å². The fourth-order valence-corrected chi connectivity index (χ4v) is 3.74. The highest BCUT2D eigenvalue weighted by Gasteiger charge is 2.36. The quantitative estimate of drug-likeness (QED) is 0.740. The summed E-state index contributed by atoms with van der Waals surface area (Å²) >= 11 is 1.55. The lowest BCUT2D eigenvalue weighted by molar-refractivity contribution is -0.162. The van der Waals surface area contributed by atoms with Crippen molar-refractivity contribution in [3.63, 3.8) is 0 Å². The molecule has 18 heavy (non-hydrogen) atoms. The molecule has 104 valence electrons. The van der Waals surface area contributed by atoms with Crippen LogP contribution in [0.4, 0.5) is 0 Å². The molecule has 1 aliphatic heterocycles. The molecule has 1 saturated carbocycles. The number of ether oxygens (including phenoxy) is 2. The molecule has 3 nitrogen and oxygen atoms in total. The lowest BCUT2D eigenvalue weighted by Crippen LogP contribution is -2.37. The van der Waals surface area contributed by atoms with Crippen LogP contribution in [-0.2, 0) is 14.3 Å². The second kappa shape index (κ2) is 6.29. The Morgan fingerprint density at radius 1 is 1.39 bits per heavy atom. The van der Waals surface area contributed by atoms with Crippen molar-refractivity contribution >= 4 is 17.7 Å². The molecule has 4 heteroatoms. The van der Waals surface area contributed by atoms with Crippen LogP contribution in [0.3, 0.4) is 0 Å². The maximum atomic E-state index is 12.0. The molecule has 1 saturated heterocycles. The molecule has 1 aliphatic carbocycles. The molecule has 0 radical (unpaired) electrons. The first-order valence-electron chi connectivity index (χ1n) is 7.01. The first kappa shape index (κ1) is 14.2. The molecule has 0 aromatic carbocycles. The number of esters is 1. The van der Waals surface area contributed by atoms with E-state index in [9.17, 15) is 4.79 Å². The van der Waals surface area contributed by atoms with E-state index >= 15 is 0 Å². The Bertz CT molecular complexity index is 287. The lowest BCUT2D eigenvalue weighted by Gasteiger charge is -2.37. The number of thioether (sulfide) groups is 1. The first-order valence-corrected chi connectivity index (χ1v) is 8.06. The van der Waals surface area contributed by atoms with Gasteiger partial charge in [-0.05, 0) is 30.6 Å². The zero-order valence-electron chi connectivity index (χ0n) is 11.6. The molecule has 4 unspecified atom stereocenters. The average Bonchev–Trinajstić information content (AvgIpc) is 2.81. The highest BCUT2D eigenvalue weighted by molar-refractivity contribution is 8.00. The summed E-state index contributed by atoms with van der Waals surface area (Å²) in [5.74, 6) is 2.48. The van der Waals surface area contributed by atoms with E-state index < -0.39 is 0 Å². The number of rotatable bonds is 3. The third kappa shape index (κ3) is 3.41. The molecule has 2 aliphatic rings. The molecular weight excluding hydrogens is 248 g/mol. The van der Waals surface area contributed by atoms with Crippen molar-refractivity contribution in [1.29, 1.82) is 0 Å². The van der Waals surface area contributed by atoms with Crippen LogP contribution in [0.2, 0.25) is 0 Å². The van der Waals surface area contributed by atoms with Gasteiger partial charge in [-0.15, -0.1) is 11.8 Å². The van der Waals surface area contributed by atoms with Crippen LogP contribution in [-0.4, -0.2) is 29.9 Å². The van der Waals surface area contributed by atoms with Gasteiger partial charge in [0, 0.05) is 5.75 Å². The first-order chi connectivity index (χ1) is 8.58. The minimum atomic E-state index is -0.380. The van der Waals surface area contributed by atoms with Crippen molar-refractivity contribution in [2.45, 2.75) is 51.6 Å². The van der Waals surface area contributed by atoms with Gasteiger partial charge in [-0.1, -0.05) is 27.2 Å². The molecule has 0 spiro atoms. The SMILES string of the molecule is CC1CCC(C(C)C)C(OC(=O)C2OCCS2)C1. The minimum Gasteiger partial charge on any atom is -0.459 e. The molecule has 0 N–H and O–H groups in total. The molecule has 1 heterocycles. The number of carbonyl (C=O) groups is 1. The van der Waals surface area contributed by atoms with Crippen molar-refractivity contribution < 1.29 is 14.3 Å². The summed E-state index contributed by atoms with van der Waals surface area (Å²) < 4.78 is 11.1. The van der Waals surface area contributed by atoms with Crippen LogP contribution in [0, 0.1) is 17.8 Å². The van der Waals surface area contributed by atoms with E-state index in [1.165, 1.54) is 12.8 Å². The minimum absolute atomic E-state index is 0.0889. The summed E-state index contributed by atoms with van der Waals surface area (Å²) in [6, 6.07) is 0. The van der Waals surface area contributed by atoms with E-state index in [4.69, 9.17) is 9.47 Å². The van der Waals surface area contributed by atoms with Gasteiger partial charge in [-0.3, -0.25) is 0 Å². The summed E-state index contributed by atoms with van der Waals surface area (Å²) in [6.07, 6.45) is 3.53. The molecule has 4 atom stereocenters. The topological polar surface area (TPSA) is 35.5 Å². The van der Waals surface area contributed by atoms with Crippen molar-refractivity contribution in [3.8, 4) is 0 Å². The van der Waals surface area contributed by atoms with Crippen LogP contribution < -0.4 is 0 Å². The summed E-state index contributed by atoms with van der Waals surface area (Å²) in [6.45, 7) is 7.36. The maximum Gasteiger partial charge on any atom is 0.346 e. The van der Waals surface area contributed by atoms with Crippen LogP contribution in [0.1, 0.15) is 40.0 Å². The largest absolute Gasteiger partial charge is 0.459 e. The highest BCUT2D eigenvalue weighted by Crippen LogP contribution is 2.36. The standard InChI is InChI=1S/C14H24O3S/c1-9(2)11-5-4-10(3)8-12(11)17-13(15)14-16-6-7-18-14/h9-12,14H,4-8H2,1-3H3. The molecule has 2 rings (SSSR count). The monoisotopic (exact) mass is 272 g/mol. The van der Waals surface area contributed by atoms with Gasteiger partial charge in [0.15, 0.2) is 0 Å². The van der Waals surface area contributed by atoms with Gasteiger partial charge >= 0.3 is 5.97 Å². The van der Waals surface area contributed by atoms with Gasteiger partial charge in [0.05, 0.1) is 6.61 Å². The molecular formula is C14H24O3S. The van der Waals surface area contributed by atoms with Gasteiger partial charge < -0.3 is 9.47 Å². The van der Waals surface area contributed by atoms with Gasteiger partial charge in [-0.25, -0.2) is 4.79 Å². The lowest BCUT2D eigenvalue weighted by atomic mass is 9.75. The molecule has 0 bridgehead atoms. The fourth-order valence-electron chi connectivity index (χ4n) is 2.95. The summed E-state index contributed by atoms with van der Waals surface area (Å²) in [7, 11) is 0.